The molecule has 0 radical (unpaired) electrons. The van der Waals surface area contributed by atoms with Gasteiger partial charge in [0, 0.05) is 25.0 Å². The van der Waals surface area contributed by atoms with Gasteiger partial charge in [-0.1, -0.05) is 0 Å². The number of carbonyl (C=O) groups excluding carboxylic acids is 7. The molecule has 39 heavy (non-hydrogen) atoms. The second-order valence-electron chi connectivity index (χ2n) is 8.71. The van der Waals surface area contributed by atoms with Crippen molar-refractivity contribution >= 4 is 53.3 Å². The number of nitrogens with zero attached hydrogens (tertiary/aromatic N) is 1. The van der Waals surface area contributed by atoms with Gasteiger partial charge >= 0.3 is 11.9 Å². The quantitative estimate of drug-likeness (QED) is 0.0812. The van der Waals surface area contributed by atoms with Gasteiger partial charge in [0.15, 0.2) is 0 Å². The largest absolute Gasteiger partial charge is 0.480 e. The van der Waals surface area contributed by atoms with Crippen LogP contribution in [-0.2, 0) is 43.2 Å². The maximum atomic E-state index is 12.5. The minimum Gasteiger partial charge on any atom is -0.480 e. The molecule has 0 bridgehead atoms. The average Bonchev–Trinajstić information content (AvgIpc) is 3.14. The molecule has 17 heteroatoms. The number of amides is 7. The summed E-state index contributed by atoms with van der Waals surface area (Å²) in [6.45, 7) is 3.89. The van der Waals surface area contributed by atoms with Gasteiger partial charge in [0.25, 0.3) is 11.8 Å². The summed E-state index contributed by atoms with van der Waals surface area (Å²) >= 11 is 0. The fraction of sp³-hybridized carbons (Fsp3) is 0.500. The monoisotopic (exact) mass is 554 g/mol. The van der Waals surface area contributed by atoms with Crippen molar-refractivity contribution in [3.63, 3.8) is 0 Å². The topological polar surface area (TPSA) is 257 Å². The Balaban J connectivity index is 2.58. The number of carboxylic acid groups (broad SMARTS) is 2. The Kier molecular flexibility index (Phi) is 11.3. The van der Waals surface area contributed by atoms with Crippen LogP contribution in [0.3, 0.4) is 0 Å². The van der Waals surface area contributed by atoms with Gasteiger partial charge in [0.05, 0.1) is 0 Å². The average molecular weight is 555 g/mol. The summed E-state index contributed by atoms with van der Waals surface area (Å²) in [6.07, 6.45) is 1.06. The highest BCUT2D eigenvalue weighted by atomic mass is 16.4. The number of hydrogen-bond acceptors (Lipinski definition) is 9. The zero-order valence-corrected chi connectivity index (χ0v) is 21.5. The minimum atomic E-state index is -2.37. The van der Waals surface area contributed by atoms with Gasteiger partial charge in [-0.2, -0.15) is 0 Å². The van der Waals surface area contributed by atoms with Gasteiger partial charge in [-0.05, 0) is 27.7 Å². The summed E-state index contributed by atoms with van der Waals surface area (Å²) in [5.41, 5.74) is -2.37. The highest BCUT2D eigenvalue weighted by molar-refractivity contribution is 6.14. The van der Waals surface area contributed by atoms with Gasteiger partial charge in [0.1, 0.15) is 24.7 Å². The zero-order valence-electron chi connectivity index (χ0n) is 21.5. The standard InChI is InChI=1S/C22H30N6O11/c1-10(18(34)25-12(3)20(36)37)23-13(29)5-6-14(30)24-11(2)19(35)27-22(4,21(38)39)26-15(31)9-28-16(32)7-8-17(28)33/h7-8,10-12H,5-6,9H2,1-4H3,(H,23,29)(H,24,30)(H,25,34)(H,26,31)(H,27,35)(H,36,37)(H,38,39). The molecular weight excluding hydrogens is 524 g/mol. The van der Waals surface area contributed by atoms with Crippen LogP contribution in [0.2, 0.25) is 0 Å². The summed E-state index contributed by atoms with van der Waals surface area (Å²) in [6, 6.07) is -3.58. The highest BCUT2D eigenvalue weighted by Gasteiger charge is 2.39. The molecule has 0 aliphatic carbocycles. The first-order valence-corrected chi connectivity index (χ1v) is 11.5. The van der Waals surface area contributed by atoms with E-state index in [0.29, 0.717) is 4.90 Å². The Morgan fingerprint density at radius 3 is 1.64 bits per heavy atom. The molecule has 7 amide bonds. The third kappa shape index (κ3) is 9.86. The maximum Gasteiger partial charge on any atom is 0.350 e. The van der Waals surface area contributed by atoms with E-state index in [9.17, 15) is 48.3 Å². The Hall–Kier alpha value is -4.83. The van der Waals surface area contributed by atoms with Crippen molar-refractivity contribution in [2.75, 3.05) is 6.54 Å². The Morgan fingerprint density at radius 2 is 1.21 bits per heavy atom. The van der Waals surface area contributed by atoms with Crippen LogP contribution in [0.15, 0.2) is 12.2 Å². The molecule has 0 aromatic carbocycles. The summed E-state index contributed by atoms with van der Waals surface area (Å²) in [5, 5.41) is 29.1. The lowest BCUT2D eigenvalue weighted by Crippen LogP contribution is -2.66. The first-order chi connectivity index (χ1) is 18.0. The molecule has 0 spiro atoms. The van der Waals surface area contributed by atoms with Gasteiger partial charge in [-0.25, -0.2) is 4.79 Å². The van der Waals surface area contributed by atoms with Gasteiger partial charge in [0.2, 0.25) is 35.2 Å². The van der Waals surface area contributed by atoms with Crippen molar-refractivity contribution in [1.29, 1.82) is 0 Å². The molecular formula is C22H30N6O11. The second-order valence-corrected chi connectivity index (χ2v) is 8.71. The summed E-state index contributed by atoms with van der Waals surface area (Å²) in [5.74, 6) is -8.82. The molecule has 7 N–H and O–H groups in total. The lowest BCUT2D eigenvalue weighted by Gasteiger charge is -2.29. The SMILES string of the molecule is CC(NC(=O)C(C)NC(=O)CCC(=O)NC(C)C(=O)NC(C)(NC(=O)CN1C(=O)C=CC1=O)C(=O)O)C(=O)O. The van der Waals surface area contributed by atoms with Crippen LogP contribution in [-0.4, -0.2) is 98.7 Å². The second kappa shape index (κ2) is 13.6. The van der Waals surface area contributed by atoms with Gasteiger partial charge in [-0.15, -0.1) is 0 Å². The van der Waals surface area contributed by atoms with Crippen LogP contribution in [0.4, 0.5) is 0 Å². The lowest BCUT2D eigenvalue weighted by molar-refractivity contribution is -0.152. The van der Waals surface area contributed by atoms with Crippen molar-refractivity contribution < 1.29 is 53.4 Å². The van der Waals surface area contributed by atoms with Crippen molar-refractivity contribution in [2.45, 2.75) is 64.3 Å². The van der Waals surface area contributed by atoms with E-state index in [1.165, 1.54) is 20.8 Å². The third-order valence-corrected chi connectivity index (χ3v) is 5.24. The normalized spacial score (nSPS) is 16.3. The summed E-state index contributed by atoms with van der Waals surface area (Å²) in [4.78, 5) is 107. The van der Waals surface area contributed by atoms with E-state index < -0.39 is 96.5 Å². The molecule has 1 aliphatic heterocycles. The molecule has 1 heterocycles. The van der Waals surface area contributed by atoms with E-state index in [2.05, 4.69) is 16.0 Å². The van der Waals surface area contributed by atoms with Gasteiger partial charge in [-0.3, -0.25) is 43.3 Å². The fourth-order valence-electron chi connectivity index (χ4n) is 2.93. The van der Waals surface area contributed by atoms with Crippen molar-refractivity contribution in [3.8, 4) is 0 Å². The van der Waals surface area contributed by atoms with E-state index in [0.717, 1.165) is 19.1 Å². The van der Waals surface area contributed by atoms with E-state index in [-0.39, 0.29) is 0 Å². The van der Waals surface area contributed by atoms with E-state index in [1.54, 1.807) is 0 Å². The first-order valence-electron chi connectivity index (χ1n) is 11.5. The van der Waals surface area contributed by atoms with Crippen LogP contribution < -0.4 is 26.6 Å². The van der Waals surface area contributed by atoms with Crippen molar-refractivity contribution in [2.24, 2.45) is 0 Å². The molecule has 0 aromatic rings. The molecule has 214 valence electrons. The number of carbonyl (C=O) groups is 9. The molecule has 4 unspecified atom stereocenters. The third-order valence-electron chi connectivity index (χ3n) is 5.24. The number of imide groups is 1. The van der Waals surface area contributed by atoms with Crippen LogP contribution >= 0.6 is 0 Å². The summed E-state index contributed by atoms with van der Waals surface area (Å²) < 4.78 is 0. The molecule has 1 rings (SSSR count). The van der Waals surface area contributed by atoms with Crippen LogP contribution in [0, 0.1) is 0 Å². The smallest absolute Gasteiger partial charge is 0.350 e. The molecule has 0 aromatic heterocycles. The molecule has 17 nitrogen and oxygen atoms in total. The fourth-order valence-corrected chi connectivity index (χ4v) is 2.93. The molecule has 0 saturated heterocycles. The number of aliphatic carboxylic acids is 2. The predicted octanol–water partition coefficient (Wildman–Crippen LogP) is -3.68. The highest BCUT2D eigenvalue weighted by Crippen LogP contribution is 2.05. The summed E-state index contributed by atoms with van der Waals surface area (Å²) in [7, 11) is 0. The number of hydrogen-bond donors (Lipinski definition) is 7. The zero-order chi connectivity index (χ0) is 30.1. The Labute approximate surface area is 221 Å². The molecule has 0 saturated carbocycles. The van der Waals surface area contributed by atoms with Crippen LogP contribution in [0.1, 0.15) is 40.5 Å². The van der Waals surface area contributed by atoms with Crippen LogP contribution in [0.5, 0.6) is 0 Å². The maximum absolute atomic E-state index is 12.5. The number of rotatable bonds is 14. The molecule has 4 atom stereocenters. The lowest BCUT2D eigenvalue weighted by atomic mass is 10.1. The predicted molar refractivity (Wildman–Crippen MR) is 128 cm³/mol. The van der Waals surface area contributed by atoms with E-state index >= 15 is 0 Å². The molecule has 1 aliphatic rings. The van der Waals surface area contributed by atoms with Crippen molar-refractivity contribution in [3.05, 3.63) is 12.2 Å². The van der Waals surface area contributed by atoms with Crippen molar-refractivity contribution in [1.82, 2.24) is 31.5 Å². The number of carboxylic acids is 2. The Bertz CT molecular complexity index is 1090. The molecule has 0 fully saturated rings. The first kappa shape index (κ1) is 32.2. The Morgan fingerprint density at radius 1 is 0.744 bits per heavy atom. The minimum absolute atomic E-state index is 0.391. The van der Waals surface area contributed by atoms with E-state index in [1.807, 2.05) is 10.6 Å². The van der Waals surface area contributed by atoms with E-state index in [4.69, 9.17) is 5.11 Å². The van der Waals surface area contributed by atoms with Crippen LogP contribution in [0.25, 0.3) is 0 Å². The van der Waals surface area contributed by atoms with Gasteiger partial charge < -0.3 is 36.8 Å². The number of nitrogens with one attached hydrogen (secondary N) is 5.